The van der Waals surface area contributed by atoms with Crippen molar-refractivity contribution in [3.63, 3.8) is 0 Å². The van der Waals surface area contributed by atoms with Crippen LogP contribution in [-0.2, 0) is 10.7 Å². The molecule has 0 saturated carbocycles. The molecule has 0 bridgehead atoms. The van der Waals surface area contributed by atoms with Gasteiger partial charge in [-0.2, -0.15) is 4.36 Å². The molecule has 2 aromatic heterocycles. The highest BCUT2D eigenvalue weighted by atomic mass is 32.2. The van der Waals surface area contributed by atoms with E-state index in [0.717, 1.165) is 17.2 Å². The fourth-order valence-electron chi connectivity index (χ4n) is 2.73. The minimum atomic E-state index is -2.84. The molecule has 160 valence electrons. The summed E-state index contributed by atoms with van der Waals surface area (Å²) in [6.45, 7) is 1.89. The summed E-state index contributed by atoms with van der Waals surface area (Å²) >= 11 is 0. The molecule has 0 unspecified atom stereocenters. The average molecular weight is 442 g/mol. The highest BCUT2D eigenvalue weighted by Gasteiger charge is 2.12. The molecule has 7 nitrogen and oxygen atoms in total. The molecule has 1 amide bonds. The highest BCUT2D eigenvalue weighted by Crippen LogP contribution is 2.24. The van der Waals surface area contributed by atoms with Crippen LogP contribution in [0.1, 0.15) is 21.7 Å². The molecule has 0 atom stereocenters. The van der Waals surface area contributed by atoms with Gasteiger partial charge in [-0.1, -0.05) is 10.7 Å². The molecule has 0 aliphatic carbocycles. The number of carbonyl (C=O) groups excluding carboxylic acids is 1. The number of aromatic amines is 1. The van der Waals surface area contributed by atoms with Crippen molar-refractivity contribution in [2.24, 2.45) is 4.36 Å². The van der Waals surface area contributed by atoms with Gasteiger partial charge in [-0.25, -0.2) is 23.7 Å². The van der Waals surface area contributed by atoms with Crippen molar-refractivity contribution >= 4 is 28.4 Å². The number of nitrogens with one attached hydrogen (secondary N) is 2. The zero-order chi connectivity index (χ0) is 22.5. The zero-order valence-electron chi connectivity index (χ0n) is 17.1. The number of nitrogens with zero attached hydrogens (tertiary/aromatic N) is 4. The first-order valence-corrected chi connectivity index (χ1v) is 11.1. The minimum absolute atomic E-state index is 0.271. The lowest BCUT2D eigenvalue weighted by molar-refractivity contribution is 0.101. The Balaban J connectivity index is 1.91. The fraction of sp³-hybridized carbons (Fsp3) is 0.190. The molecule has 0 saturated heterocycles. The maximum Gasteiger partial charge on any atom is 0.282 e. The number of aromatic nitrogens is 4. The van der Waals surface area contributed by atoms with Crippen LogP contribution < -0.4 is 0 Å². The van der Waals surface area contributed by atoms with Crippen molar-refractivity contribution in [3.8, 4) is 22.6 Å². The van der Waals surface area contributed by atoms with Gasteiger partial charge in [0.15, 0.2) is 0 Å². The number of halogens is 2. The first kappa shape index (κ1) is 22.3. The molecule has 31 heavy (non-hydrogen) atoms. The molecule has 0 aliphatic heterocycles. The van der Waals surface area contributed by atoms with Gasteiger partial charge in [0.05, 0.1) is 29.0 Å². The Bertz CT molecular complexity index is 1200. The molecule has 0 radical (unpaired) electrons. The van der Waals surface area contributed by atoms with Crippen molar-refractivity contribution < 1.29 is 13.6 Å². The lowest BCUT2D eigenvalue weighted by atomic mass is 10.0. The number of H-pyrrole nitrogens is 1. The molecular weight excluding hydrogens is 422 g/mol. The Hall–Kier alpha value is -3.40. The number of aryl methyl sites for hydroxylation is 1. The standard InChI is InChI=1S/C21H20F2N6OS/c1-12-6-13(8-14(7-12)21(30)29-31(2)3)16-9-17(27-11-26-16)18-10-25-19(28-18)5-4-15(24)20(22)23/h4-11,20,24H,1-3H3,(H,25,28)/b5-4-,24-15?. The first-order chi connectivity index (χ1) is 14.7. The predicted octanol–water partition coefficient (Wildman–Crippen LogP) is 4.34. The molecule has 2 heterocycles. The molecule has 2 N–H and O–H groups in total. The Labute approximate surface area is 180 Å². The maximum atomic E-state index is 12.4. The van der Waals surface area contributed by atoms with E-state index in [1.54, 1.807) is 18.2 Å². The van der Waals surface area contributed by atoms with E-state index in [9.17, 15) is 13.6 Å². The van der Waals surface area contributed by atoms with Gasteiger partial charge in [0, 0.05) is 11.1 Å². The molecule has 3 aromatic rings. The normalized spacial score (nSPS) is 11.5. The molecular formula is C21H20F2N6OS. The minimum Gasteiger partial charge on any atom is -0.337 e. The van der Waals surface area contributed by atoms with Crippen LogP contribution in [-0.4, -0.2) is 50.5 Å². The topological polar surface area (TPSA) is 108 Å². The van der Waals surface area contributed by atoms with E-state index in [-0.39, 0.29) is 16.6 Å². The summed E-state index contributed by atoms with van der Waals surface area (Å²) in [6, 6.07) is 7.19. The molecule has 3 rings (SSSR count). The second-order valence-electron chi connectivity index (χ2n) is 6.82. The maximum absolute atomic E-state index is 12.4. The summed E-state index contributed by atoms with van der Waals surface area (Å²) < 4.78 is 29.0. The third kappa shape index (κ3) is 5.82. The van der Waals surface area contributed by atoms with E-state index < -0.39 is 12.1 Å². The van der Waals surface area contributed by atoms with E-state index >= 15 is 0 Å². The van der Waals surface area contributed by atoms with Gasteiger partial charge in [-0.3, -0.25) is 10.2 Å². The summed E-state index contributed by atoms with van der Waals surface area (Å²) in [5.74, 6) is 0.0482. The van der Waals surface area contributed by atoms with Crippen molar-refractivity contribution in [3.05, 3.63) is 59.8 Å². The lowest BCUT2D eigenvalue weighted by Crippen LogP contribution is -2.03. The van der Waals surface area contributed by atoms with Gasteiger partial charge in [-0.15, -0.1) is 0 Å². The predicted molar refractivity (Wildman–Crippen MR) is 119 cm³/mol. The van der Waals surface area contributed by atoms with E-state index in [1.807, 2.05) is 25.5 Å². The van der Waals surface area contributed by atoms with Crippen LogP contribution in [0.25, 0.3) is 28.7 Å². The summed E-state index contributed by atoms with van der Waals surface area (Å²) in [7, 11) is -0.359. The van der Waals surface area contributed by atoms with Gasteiger partial charge in [0.25, 0.3) is 12.3 Å². The molecule has 0 aliphatic rings. The number of amides is 1. The summed E-state index contributed by atoms with van der Waals surface area (Å²) in [5, 5.41) is 7.16. The van der Waals surface area contributed by atoms with E-state index in [4.69, 9.17) is 5.41 Å². The van der Waals surface area contributed by atoms with Gasteiger partial charge < -0.3 is 4.98 Å². The van der Waals surface area contributed by atoms with Gasteiger partial charge in [0.2, 0.25) is 0 Å². The smallest absolute Gasteiger partial charge is 0.282 e. The van der Waals surface area contributed by atoms with Crippen LogP contribution in [0.3, 0.4) is 0 Å². The Kier molecular flexibility index (Phi) is 6.91. The van der Waals surface area contributed by atoms with E-state index in [1.165, 1.54) is 18.6 Å². The summed E-state index contributed by atoms with van der Waals surface area (Å²) in [5.41, 5.74) is 3.07. The number of benzene rings is 1. The average Bonchev–Trinajstić information content (AvgIpc) is 3.20. The Morgan fingerprint density at radius 1 is 1.16 bits per heavy atom. The van der Waals surface area contributed by atoms with Crippen LogP contribution in [0.4, 0.5) is 8.78 Å². The molecule has 0 fully saturated rings. The highest BCUT2D eigenvalue weighted by molar-refractivity contribution is 7.86. The Morgan fingerprint density at radius 3 is 2.61 bits per heavy atom. The third-order valence-electron chi connectivity index (χ3n) is 4.08. The quantitative estimate of drug-likeness (QED) is 0.554. The summed E-state index contributed by atoms with van der Waals surface area (Å²) in [4.78, 5) is 28.0. The van der Waals surface area contributed by atoms with Gasteiger partial charge in [0.1, 0.15) is 12.2 Å². The number of allylic oxidation sites excluding steroid dienone is 1. The van der Waals surface area contributed by atoms with Crippen molar-refractivity contribution in [2.45, 2.75) is 13.3 Å². The van der Waals surface area contributed by atoms with Crippen molar-refractivity contribution in [1.82, 2.24) is 19.9 Å². The number of alkyl halides is 2. The first-order valence-electron chi connectivity index (χ1n) is 9.11. The number of hydrogen-bond acceptors (Lipinski definition) is 5. The molecule has 10 heteroatoms. The van der Waals surface area contributed by atoms with E-state index in [0.29, 0.717) is 28.5 Å². The van der Waals surface area contributed by atoms with Gasteiger partial charge in [-0.05, 0) is 61.4 Å². The number of hydrogen-bond donors (Lipinski definition) is 2. The van der Waals surface area contributed by atoms with E-state index in [2.05, 4.69) is 24.3 Å². The number of rotatable bonds is 6. The van der Waals surface area contributed by atoms with Crippen LogP contribution in [0.2, 0.25) is 0 Å². The second kappa shape index (κ2) is 9.61. The number of imidazole rings is 1. The SMILES string of the molecule is Cc1cc(C(=O)N=S(C)C)cc(-c2cc(-c3cnc(/C=C\C(=N)C(F)F)[nH]3)ncn2)c1. The zero-order valence-corrected chi connectivity index (χ0v) is 17.9. The molecule has 1 aromatic carbocycles. The molecule has 0 spiro atoms. The van der Waals surface area contributed by atoms with Gasteiger partial charge >= 0.3 is 0 Å². The monoisotopic (exact) mass is 442 g/mol. The van der Waals surface area contributed by atoms with Crippen LogP contribution in [0, 0.1) is 12.3 Å². The third-order valence-corrected chi connectivity index (χ3v) is 4.61. The lowest BCUT2D eigenvalue weighted by Gasteiger charge is -2.06. The van der Waals surface area contributed by atoms with Crippen molar-refractivity contribution in [2.75, 3.05) is 12.5 Å². The largest absolute Gasteiger partial charge is 0.337 e. The Morgan fingerprint density at radius 2 is 1.90 bits per heavy atom. The second-order valence-corrected chi connectivity index (χ2v) is 8.55. The number of carbonyl (C=O) groups is 1. The van der Waals surface area contributed by atoms with Crippen LogP contribution >= 0.6 is 0 Å². The van der Waals surface area contributed by atoms with Crippen LogP contribution in [0.5, 0.6) is 0 Å². The fourth-order valence-corrected chi connectivity index (χ4v) is 3.17. The van der Waals surface area contributed by atoms with Crippen molar-refractivity contribution in [1.29, 1.82) is 5.41 Å². The summed E-state index contributed by atoms with van der Waals surface area (Å²) in [6.07, 6.45) is 6.12. The van der Waals surface area contributed by atoms with Crippen LogP contribution in [0.15, 0.2) is 47.2 Å².